The van der Waals surface area contributed by atoms with Crippen LogP contribution in [0.4, 0.5) is 0 Å². The molecule has 3 nitrogen and oxygen atoms in total. The summed E-state index contributed by atoms with van der Waals surface area (Å²) < 4.78 is 0. The minimum Gasteiger partial charge on any atom is -0.355 e. The van der Waals surface area contributed by atoms with Gasteiger partial charge in [0.2, 0.25) is 5.91 Å². The van der Waals surface area contributed by atoms with Crippen LogP contribution in [0.2, 0.25) is 5.02 Å². The number of amides is 1. The van der Waals surface area contributed by atoms with E-state index in [9.17, 15) is 4.79 Å². The van der Waals surface area contributed by atoms with Gasteiger partial charge in [0.15, 0.2) is 0 Å². The molecule has 1 aliphatic heterocycles. The number of hydrogen-bond donors (Lipinski definition) is 2. The van der Waals surface area contributed by atoms with Gasteiger partial charge in [0.25, 0.3) is 0 Å². The highest BCUT2D eigenvalue weighted by Gasteiger charge is 2.42. The first-order valence-corrected chi connectivity index (χ1v) is 8.83. The van der Waals surface area contributed by atoms with Crippen molar-refractivity contribution in [2.24, 2.45) is 5.92 Å². The molecule has 0 radical (unpaired) electrons. The Bertz CT molecular complexity index is 524. The summed E-state index contributed by atoms with van der Waals surface area (Å²) in [6.45, 7) is 2.99. The first-order chi connectivity index (χ1) is 10.7. The van der Waals surface area contributed by atoms with Gasteiger partial charge in [0, 0.05) is 11.6 Å². The summed E-state index contributed by atoms with van der Waals surface area (Å²) in [7, 11) is 0. The summed E-state index contributed by atoms with van der Waals surface area (Å²) in [5, 5.41) is 7.29. The topological polar surface area (TPSA) is 41.1 Å². The standard InChI is InChI=1S/C18H25ClN2O.ClH/c19-16-5-3-4-15(12-16)18(8-1-2-9-18)17(22)21-11-7-14-6-10-20-13-14;/h3-5,12,14,20H,1-2,6-11,13H2,(H,21,22);1H. The van der Waals surface area contributed by atoms with Gasteiger partial charge in [-0.25, -0.2) is 0 Å². The normalized spacial score (nSPS) is 22.6. The third-order valence-electron chi connectivity index (χ3n) is 5.27. The van der Waals surface area contributed by atoms with Gasteiger partial charge in [-0.1, -0.05) is 36.6 Å². The molecule has 128 valence electrons. The van der Waals surface area contributed by atoms with Crippen molar-refractivity contribution in [1.82, 2.24) is 10.6 Å². The van der Waals surface area contributed by atoms with Crippen LogP contribution in [0.3, 0.4) is 0 Å². The predicted octanol–water partition coefficient (Wildman–Crippen LogP) is 3.69. The average molecular weight is 357 g/mol. The molecule has 1 atom stereocenters. The molecule has 2 N–H and O–H groups in total. The number of carbonyl (C=O) groups excluding carboxylic acids is 1. The second kappa shape index (κ2) is 8.36. The van der Waals surface area contributed by atoms with Crippen LogP contribution >= 0.6 is 24.0 Å². The highest BCUT2D eigenvalue weighted by molar-refractivity contribution is 6.30. The number of nitrogens with one attached hydrogen (secondary N) is 2. The monoisotopic (exact) mass is 356 g/mol. The van der Waals surface area contributed by atoms with Gasteiger partial charge in [-0.05, 0) is 62.4 Å². The molecule has 1 saturated carbocycles. The maximum atomic E-state index is 12.9. The Balaban J connectivity index is 0.00000192. The Morgan fingerprint density at radius 3 is 2.78 bits per heavy atom. The fourth-order valence-corrected chi connectivity index (χ4v) is 4.12. The Morgan fingerprint density at radius 1 is 1.35 bits per heavy atom. The smallest absolute Gasteiger partial charge is 0.230 e. The zero-order valence-corrected chi connectivity index (χ0v) is 15.0. The SMILES string of the molecule is Cl.O=C(NCCC1CCNC1)C1(c2cccc(Cl)c2)CCCC1. The van der Waals surface area contributed by atoms with Crippen molar-refractivity contribution in [1.29, 1.82) is 0 Å². The van der Waals surface area contributed by atoms with Crippen LogP contribution in [-0.2, 0) is 10.2 Å². The van der Waals surface area contributed by atoms with Crippen LogP contribution in [0.15, 0.2) is 24.3 Å². The lowest BCUT2D eigenvalue weighted by Crippen LogP contribution is -2.43. The molecule has 0 bridgehead atoms. The van der Waals surface area contributed by atoms with E-state index >= 15 is 0 Å². The van der Waals surface area contributed by atoms with Crippen molar-refractivity contribution in [2.75, 3.05) is 19.6 Å². The predicted molar refractivity (Wildman–Crippen MR) is 97.4 cm³/mol. The zero-order valence-electron chi connectivity index (χ0n) is 13.4. The molecule has 2 aliphatic rings. The van der Waals surface area contributed by atoms with E-state index in [1.54, 1.807) is 0 Å². The summed E-state index contributed by atoms with van der Waals surface area (Å²) in [6, 6.07) is 7.85. The molecule has 1 unspecified atom stereocenters. The van der Waals surface area contributed by atoms with Crippen LogP contribution in [0.1, 0.15) is 44.1 Å². The highest BCUT2D eigenvalue weighted by atomic mass is 35.5. The molecule has 1 aromatic carbocycles. The lowest BCUT2D eigenvalue weighted by atomic mass is 9.78. The molecule has 5 heteroatoms. The van der Waals surface area contributed by atoms with Gasteiger partial charge in [0.1, 0.15) is 0 Å². The van der Waals surface area contributed by atoms with E-state index in [4.69, 9.17) is 11.6 Å². The molecule has 1 saturated heterocycles. The van der Waals surface area contributed by atoms with Crippen LogP contribution in [0, 0.1) is 5.92 Å². The first kappa shape index (κ1) is 18.6. The summed E-state index contributed by atoms with van der Waals surface area (Å²) >= 11 is 6.14. The fraction of sp³-hybridized carbons (Fsp3) is 0.611. The maximum absolute atomic E-state index is 12.9. The Morgan fingerprint density at radius 2 is 2.13 bits per heavy atom. The Hall–Kier alpha value is -0.770. The van der Waals surface area contributed by atoms with Gasteiger partial charge in [0.05, 0.1) is 5.41 Å². The molecular weight excluding hydrogens is 331 g/mol. The molecule has 0 spiro atoms. The molecule has 23 heavy (non-hydrogen) atoms. The molecule has 1 heterocycles. The summed E-state index contributed by atoms with van der Waals surface area (Å²) in [6.07, 6.45) is 6.41. The van der Waals surface area contributed by atoms with Crippen molar-refractivity contribution < 1.29 is 4.79 Å². The van der Waals surface area contributed by atoms with Crippen LogP contribution in [0.25, 0.3) is 0 Å². The van der Waals surface area contributed by atoms with Crippen molar-refractivity contribution >= 4 is 29.9 Å². The molecular formula is C18H26Cl2N2O. The molecule has 1 amide bonds. The number of halogens is 2. The third kappa shape index (κ3) is 4.20. The van der Waals surface area contributed by atoms with E-state index in [0.717, 1.165) is 57.3 Å². The van der Waals surface area contributed by atoms with Crippen LogP contribution in [-0.4, -0.2) is 25.5 Å². The second-order valence-corrected chi connectivity index (χ2v) is 7.14. The Labute approximate surface area is 150 Å². The molecule has 3 rings (SSSR count). The van der Waals surface area contributed by atoms with Crippen molar-refractivity contribution in [3.8, 4) is 0 Å². The maximum Gasteiger partial charge on any atom is 0.230 e. The summed E-state index contributed by atoms with van der Waals surface area (Å²) in [4.78, 5) is 12.9. The summed E-state index contributed by atoms with van der Waals surface area (Å²) in [5.74, 6) is 0.907. The van der Waals surface area contributed by atoms with Crippen LogP contribution in [0.5, 0.6) is 0 Å². The summed E-state index contributed by atoms with van der Waals surface area (Å²) in [5.41, 5.74) is 0.719. The van der Waals surface area contributed by atoms with Gasteiger partial charge in [-0.15, -0.1) is 12.4 Å². The number of rotatable bonds is 5. The fourth-order valence-electron chi connectivity index (χ4n) is 3.93. The van der Waals surface area contributed by atoms with Crippen molar-refractivity contribution in [3.05, 3.63) is 34.9 Å². The van der Waals surface area contributed by atoms with E-state index < -0.39 is 0 Å². The van der Waals surface area contributed by atoms with E-state index in [1.165, 1.54) is 6.42 Å². The zero-order chi connectivity index (χ0) is 15.4. The van der Waals surface area contributed by atoms with Gasteiger partial charge in [-0.3, -0.25) is 4.79 Å². The second-order valence-electron chi connectivity index (χ2n) is 6.70. The van der Waals surface area contributed by atoms with E-state index in [-0.39, 0.29) is 23.7 Å². The van der Waals surface area contributed by atoms with Gasteiger partial charge in [-0.2, -0.15) is 0 Å². The lowest BCUT2D eigenvalue weighted by Gasteiger charge is -2.28. The number of hydrogen-bond acceptors (Lipinski definition) is 2. The van der Waals surface area contributed by atoms with Gasteiger partial charge < -0.3 is 10.6 Å². The molecule has 2 fully saturated rings. The van der Waals surface area contributed by atoms with Crippen molar-refractivity contribution in [2.45, 2.75) is 43.9 Å². The highest BCUT2D eigenvalue weighted by Crippen LogP contribution is 2.42. The van der Waals surface area contributed by atoms with E-state index in [0.29, 0.717) is 10.9 Å². The molecule has 1 aliphatic carbocycles. The molecule has 0 aromatic heterocycles. The number of benzene rings is 1. The number of carbonyl (C=O) groups is 1. The minimum absolute atomic E-state index is 0. The van der Waals surface area contributed by atoms with Crippen LogP contribution < -0.4 is 10.6 Å². The minimum atomic E-state index is -0.362. The van der Waals surface area contributed by atoms with Gasteiger partial charge >= 0.3 is 0 Å². The largest absolute Gasteiger partial charge is 0.355 e. The van der Waals surface area contributed by atoms with E-state index in [2.05, 4.69) is 16.7 Å². The van der Waals surface area contributed by atoms with E-state index in [1.807, 2.05) is 18.2 Å². The average Bonchev–Trinajstić information content (AvgIpc) is 3.19. The van der Waals surface area contributed by atoms with Crippen molar-refractivity contribution in [3.63, 3.8) is 0 Å². The first-order valence-electron chi connectivity index (χ1n) is 8.46. The Kier molecular flexibility index (Phi) is 6.75. The molecule has 1 aromatic rings. The third-order valence-corrected chi connectivity index (χ3v) is 5.50. The quantitative estimate of drug-likeness (QED) is 0.844. The lowest BCUT2D eigenvalue weighted by molar-refractivity contribution is -0.126.